The molecule has 0 saturated heterocycles. The van der Waals surface area contributed by atoms with Crippen molar-refractivity contribution in [3.05, 3.63) is 11.6 Å². The van der Waals surface area contributed by atoms with Crippen LogP contribution in [0.1, 0.15) is 72.1 Å². The van der Waals surface area contributed by atoms with Crippen molar-refractivity contribution in [2.45, 2.75) is 78.2 Å². The molecule has 0 unspecified atom stereocenters. The van der Waals surface area contributed by atoms with Gasteiger partial charge in [0.15, 0.2) is 0 Å². The van der Waals surface area contributed by atoms with Gasteiger partial charge in [-0.3, -0.25) is 4.84 Å². The molecular weight excluding hydrogens is 390 g/mol. The summed E-state index contributed by atoms with van der Waals surface area (Å²) in [5.41, 5.74) is 3.00. The standard InChI is InChI=1S/C25H41N3O3/c1-16(28-31-23(30)27-14-13-26-4)20-7-8-21-19-6-5-17-15-18(29)9-11-24(17,2)22(19)10-12-25(20,21)3/h5,18-22,26,29H,6-15H2,1-4H3,(H,27,30)/b28-16+/t18-,19-,20+,21-,22-,24-,25+/m0/s1. The average molecular weight is 432 g/mol. The van der Waals surface area contributed by atoms with Crippen LogP contribution in [0.2, 0.25) is 0 Å². The predicted molar refractivity (Wildman–Crippen MR) is 123 cm³/mol. The summed E-state index contributed by atoms with van der Waals surface area (Å²) in [5, 5.41) is 20.2. The van der Waals surface area contributed by atoms with Gasteiger partial charge in [0.2, 0.25) is 0 Å². The molecule has 0 bridgehead atoms. The minimum Gasteiger partial charge on any atom is -0.393 e. The third kappa shape index (κ3) is 4.06. The zero-order valence-corrected chi connectivity index (χ0v) is 19.7. The van der Waals surface area contributed by atoms with Gasteiger partial charge < -0.3 is 15.7 Å². The lowest BCUT2D eigenvalue weighted by Crippen LogP contribution is -2.50. The first kappa shape index (κ1) is 22.8. The molecule has 0 heterocycles. The first-order chi connectivity index (χ1) is 14.8. The van der Waals surface area contributed by atoms with E-state index in [1.54, 1.807) is 0 Å². The molecule has 0 spiro atoms. The summed E-state index contributed by atoms with van der Waals surface area (Å²) in [5.74, 6) is 2.55. The Morgan fingerprint density at radius 1 is 1.19 bits per heavy atom. The number of fused-ring (bicyclic) bond motifs is 5. The number of allylic oxidation sites excluding steroid dienone is 1. The highest BCUT2D eigenvalue weighted by molar-refractivity contribution is 5.85. The van der Waals surface area contributed by atoms with Gasteiger partial charge in [-0.25, -0.2) is 4.79 Å². The molecule has 0 aromatic rings. The van der Waals surface area contributed by atoms with E-state index in [1.807, 2.05) is 14.0 Å². The molecule has 3 N–H and O–H groups in total. The first-order valence-corrected chi connectivity index (χ1v) is 12.3. The van der Waals surface area contributed by atoms with Crippen LogP contribution in [0.25, 0.3) is 0 Å². The fourth-order valence-electron chi connectivity index (χ4n) is 7.83. The molecule has 4 aliphatic carbocycles. The number of nitrogens with zero attached hydrogens (tertiary/aromatic N) is 1. The monoisotopic (exact) mass is 431 g/mol. The van der Waals surface area contributed by atoms with Crippen molar-refractivity contribution in [3.8, 4) is 0 Å². The van der Waals surface area contributed by atoms with Crippen LogP contribution in [0.4, 0.5) is 4.79 Å². The maximum Gasteiger partial charge on any atom is 0.433 e. The van der Waals surface area contributed by atoms with Gasteiger partial charge >= 0.3 is 6.09 Å². The average Bonchev–Trinajstić information content (AvgIpc) is 3.10. The van der Waals surface area contributed by atoms with Crippen LogP contribution < -0.4 is 10.6 Å². The quantitative estimate of drug-likeness (QED) is 0.200. The number of hydrogen-bond acceptors (Lipinski definition) is 5. The summed E-state index contributed by atoms with van der Waals surface area (Å²) in [6.45, 7) is 8.21. The van der Waals surface area contributed by atoms with Gasteiger partial charge in [0, 0.05) is 19.0 Å². The minimum atomic E-state index is -0.477. The lowest BCUT2D eigenvalue weighted by atomic mass is 9.47. The highest BCUT2D eigenvalue weighted by Gasteiger charge is 2.59. The maximum atomic E-state index is 11.9. The van der Waals surface area contributed by atoms with E-state index < -0.39 is 6.09 Å². The first-order valence-electron chi connectivity index (χ1n) is 12.3. The summed E-state index contributed by atoms with van der Waals surface area (Å²) >= 11 is 0. The Kier molecular flexibility index (Phi) is 6.51. The van der Waals surface area contributed by atoms with Crippen LogP contribution in [0.15, 0.2) is 16.8 Å². The van der Waals surface area contributed by atoms with Crippen LogP contribution >= 0.6 is 0 Å². The molecule has 3 fully saturated rings. The molecule has 174 valence electrons. The Morgan fingerprint density at radius 3 is 2.77 bits per heavy atom. The maximum absolute atomic E-state index is 11.9. The molecule has 0 radical (unpaired) electrons. The van der Waals surface area contributed by atoms with E-state index in [1.165, 1.54) is 24.8 Å². The Hall–Kier alpha value is -1.40. The topological polar surface area (TPSA) is 83.0 Å². The zero-order chi connectivity index (χ0) is 22.2. The molecule has 31 heavy (non-hydrogen) atoms. The number of rotatable bonds is 5. The van der Waals surface area contributed by atoms with Crippen LogP contribution in [-0.4, -0.2) is 43.2 Å². The lowest BCUT2D eigenvalue weighted by molar-refractivity contribution is -0.0425. The molecule has 7 atom stereocenters. The van der Waals surface area contributed by atoms with Crippen LogP contribution in [0.5, 0.6) is 0 Å². The largest absolute Gasteiger partial charge is 0.433 e. The van der Waals surface area contributed by atoms with Gasteiger partial charge in [0.1, 0.15) is 0 Å². The molecule has 3 saturated carbocycles. The highest BCUT2D eigenvalue weighted by atomic mass is 16.7. The number of aliphatic hydroxyl groups is 1. The Balaban J connectivity index is 1.46. The van der Waals surface area contributed by atoms with Crippen molar-refractivity contribution in [1.82, 2.24) is 10.6 Å². The molecule has 4 rings (SSSR count). The summed E-state index contributed by atoms with van der Waals surface area (Å²) in [7, 11) is 1.85. The third-order valence-electron chi connectivity index (χ3n) is 9.50. The lowest BCUT2D eigenvalue weighted by Gasteiger charge is -2.58. The number of likely N-dealkylation sites (N-methyl/N-ethyl adjacent to an activating group) is 1. The Morgan fingerprint density at radius 2 is 2.00 bits per heavy atom. The second-order valence-electron chi connectivity index (χ2n) is 11.0. The number of oxime groups is 1. The fraction of sp³-hybridized carbons (Fsp3) is 0.840. The molecule has 4 aliphatic rings. The van der Waals surface area contributed by atoms with Crippen LogP contribution in [0, 0.1) is 34.5 Å². The molecule has 6 heteroatoms. The predicted octanol–water partition coefficient (Wildman–Crippen LogP) is 4.25. The van der Waals surface area contributed by atoms with Crippen molar-refractivity contribution in [3.63, 3.8) is 0 Å². The molecule has 0 aromatic carbocycles. The number of carbonyl (C=O) groups is 1. The summed E-state index contributed by atoms with van der Waals surface area (Å²) < 4.78 is 0. The SMILES string of the molecule is CNCCNC(=O)O/N=C(\C)[C@H]1CC[C@H]2[C@@H]3CC=C4C[C@@H](O)CC[C@]4(C)[C@H]3CC[C@]12C. The Labute approximate surface area is 187 Å². The number of aliphatic hydroxyl groups excluding tert-OH is 1. The van der Waals surface area contributed by atoms with Gasteiger partial charge in [-0.05, 0) is 93.9 Å². The second-order valence-corrected chi connectivity index (χ2v) is 11.0. The van der Waals surface area contributed by atoms with Crippen molar-refractivity contribution in [2.24, 2.45) is 39.7 Å². The van der Waals surface area contributed by atoms with E-state index in [0.717, 1.165) is 49.7 Å². The number of hydrogen-bond donors (Lipinski definition) is 3. The van der Waals surface area contributed by atoms with Crippen LogP contribution in [-0.2, 0) is 4.84 Å². The number of nitrogens with one attached hydrogen (secondary N) is 2. The van der Waals surface area contributed by atoms with Gasteiger partial charge in [-0.1, -0.05) is 30.7 Å². The van der Waals surface area contributed by atoms with E-state index in [4.69, 9.17) is 4.84 Å². The number of carbonyl (C=O) groups excluding carboxylic acids is 1. The summed E-state index contributed by atoms with van der Waals surface area (Å²) in [6, 6.07) is 0. The Bertz CT molecular complexity index is 750. The molecular formula is C25H41N3O3. The van der Waals surface area contributed by atoms with Crippen molar-refractivity contribution >= 4 is 11.8 Å². The molecule has 6 nitrogen and oxygen atoms in total. The van der Waals surface area contributed by atoms with Crippen molar-refractivity contribution < 1.29 is 14.7 Å². The fourth-order valence-corrected chi connectivity index (χ4v) is 7.83. The zero-order valence-electron chi connectivity index (χ0n) is 19.7. The van der Waals surface area contributed by atoms with Gasteiger partial charge in [-0.2, -0.15) is 0 Å². The number of amides is 1. The minimum absolute atomic E-state index is 0.144. The normalized spacial score (nSPS) is 42.2. The van der Waals surface area contributed by atoms with Gasteiger partial charge in [0.25, 0.3) is 0 Å². The van der Waals surface area contributed by atoms with Crippen molar-refractivity contribution in [1.29, 1.82) is 0 Å². The van der Waals surface area contributed by atoms with E-state index in [0.29, 0.717) is 24.9 Å². The van der Waals surface area contributed by atoms with E-state index in [-0.39, 0.29) is 16.9 Å². The van der Waals surface area contributed by atoms with Gasteiger partial charge in [0.05, 0.1) is 11.8 Å². The van der Waals surface area contributed by atoms with E-state index in [2.05, 4.69) is 35.7 Å². The molecule has 0 aromatic heterocycles. The summed E-state index contributed by atoms with van der Waals surface area (Å²) in [6.07, 6.45) is 10.8. The smallest absolute Gasteiger partial charge is 0.393 e. The van der Waals surface area contributed by atoms with Crippen molar-refractivity contribution in [2.75, 3.05) is 20.1 Å². The highest BCUT2D eigenvalue weighted by Crippen LogP contribution is 2.66. The third-order valence-corrected chi connectivity index (χ3v) is 9.50. The second kappa shape index (κ2) is 8.86. The summed E-state index contributed by atoms with van der Waals surface area (Å²) in [4.78, 5) is 17.1. The molecule has 0 aliphatic heterocycles. The van der Waals surface area contributed by atoms with Gasteiger partial charge in [-0.15, -0.1) is 0 Å². The van der Waals surface area contributed by atoms with E-state index in [9.17, 15) is 9.90 Å². The molecule has 1 amide bonds. The van der Waals surface area contributed by atoms with Crippen LogP contribution in [0.3, 0.4) is 0 Å². The van der Waals surface area contributed by atoms with E-state index >= 15 is 0 Å².